The van der Waals surface area contributed by atoms with Crippen molar-refractivity contribution < 1.29 is 19.1 Å². The SMILES string of the molecule is CCC(CC)(c1ccc(OCC(=O)C(C)(C)C)c(CN)c1)c1ccc(C(=O)OC)c(CN)c1. The van der Waals surface area contributed by atoms with Gasteiger partial charge >= 0.3 is 5.97 Å². The Balaban J connectivity index is 2.50. The molecule has 2 aromatic rings. The van der Waals surface area contributed by atoms with E-state index in [4.69, 9.17) is 20.9 Å². The maximum absolute atomic E-state index is 12.3. The second kappa shape index (κ2) is 10.9. The second-order valence-electron chi connectivity index (χ2n) is 9.35. The Morgan fingerprint density at radius 1 is 0.879 bits per heavy atom. The molecule has 0 amide bonds. The van der Waals surface area contributed by atoms with Gasteiger partial charge in [-0.3, -0.25) is 4.79 Å². The van der Waals surface area contributed by atoms with E-state index in [1.165, 1.54) is 7.11 Å². The van der Waals surface area contributed by atoms with Gasteiger partial charge in [0.25, 0.3) is 0 Å². The number of Topliss-reactive ketones (excluding diaryl/α,β-unsaturated/α-hetero) is 1. The van der Waals surface area contributed by atoms with Gasteiger partial charge in [-0.15, -0.1) is 0 Å². The Hall–Kier alpha value is -2.70. The summed E-state index contributed by atoms with van der Waals surface area (Å²) in [5.41, 5.74) is 15.6. The first kappa shape index (κ1) is 26.6. The number of carbonyl (C=O) groups excluding carboxylic acids is 2. The minimum absolute atomic E-state index is 0.0113. The van der Waals surface area contributed by atoms with Crippen molar-refractivity contribution in [2.75, 3.05) is 13.7 Å². The zero-order chi connectivity index (χ0) is 24.8. The van der Waals surface area contributed by atoms with Crippen molar-refractivity contribution in [1.82, 2.24) is 0 Å². The van der Waals surface area contributed by atoms with Gasteiger partial charge in [0.15, 0.2) is 5.78 Å². The molecule has 180 valence electrons. The number of methoxy groups -OCH3 is 1. The van der Waals surface area contributed by atoms with Crippen molar-refractivity contribution in [2.45, 2.75) is 66.0 Å². The molecule has 0 aromatic heterocycles. The molecule has 2 aromatic carbocycles. The molecule has 0 unspecified atom stereocenters. The summed E-state index contributed by atoms with van der Waals surface area (Å²) in [6, 6.07) is 11.8. The largest absolute Gasteiger partial charge is 0.485 e. The number of nitrogens with two attached hydrogens (primary N) is 2. The summed E-state index contributed by atoms with van der Waals surface area (Å²) in [6.45, 7) is 10.5. The summed E-state index contributed by atoms with van der Waals surface area (Å²) in [4.78, 5) is 24.4. The topological polar surface area (TPSA) is 105 Å². The van der Waals surface area contributed by atoms with Crippen molar-refractivity contribution >= 4 is 11.8 Å². The molecule has 2 rings (SSSR count). The fourth-order valence-corrected chi connectivity index (χ4v) is 4.14. The van der Waals surface area contributed by atoms with E-state index in [1.54, 1.807) is 6.07 Å². The maximum Gasteiger partial charge on any atom is 0.338 e. The van der Waals surface area contributed by atoms with Gasteiger partial charge in [-0.2, -0.15) is 0 Å². The number of hydrogen-bond acceptors (Lipinski definition) is 6. The Bertz CT molecular complexity index is 988. The fourth-order valence-electron chi connectivity index (χ4n) is 4.14. The van der Waals surface area contributed by atoms with E-state index in [9.17, 15) is 9.59 Å². The zero-order valence-corrected chi connectivity index (χ0v) is 20.8. The number of ether oxygens (including phenoxy) is 2. The summed E-state index contributed by atoms with van der Waals surface area (Å²) in [6.07, 6.45) is 1.69. The molecule has 0 aliphatic rings. The quantitative estimate of drug-likeness (QED) is 0.513. The number of rotatable bonds is 10. The molecule has 0 saturated carbocycles. The molecule has 0 radical (unpaired) electrons. The van der Waals surface area contributed by atoms with Crippen LogP contribution in [-0.2, 0) is 28.0 Å². The standard InChI is InChI=1S/C27H38N2O4/c1-7-27(8-2,20-9-11-22(25(31)32-6)18(13-20)15-28)21-10-12-23(19(14-21)16-29)33-17-24(30)26(3,4)5/h9-14H,7-8,15-17,28-29H2,1-6H3. The molecule has 0 aliphatic carbocycles. The van der Waals surface area contributed by atoms with E-state index < -0.39 is 11.4 Å². The van der Waals surface area contributed by atoms with E-state index in [0.29, 0.717) is 17.9 Å². The van der Waals surface area contributed by atoms with Gasteiger partial charge in [-0.05, 0) is 47.7 Å². The molecule has 33 heavy (non-hydrogen) atoms. The molecule has 4 N–H and O–H groups in total. The molecular weight excluding hydrogens is 416 g/mol. The number of hydrogen-bond donors (Lipinski definition) is 2. The van der Waals surface area contributed by atoms with Crippen LogP contribution in [0.3, 0.4) is 0 Å². The van der Waals surface area contributed by atoms with Crippen LogP contribution < -0.4 is 16.2 Å². The highest BCUT2D eigenvalue weighted by Crippen LogP contribution is 2.41. The van der Waals surface area contributed by atoms with Crippen LogP contribution in [0.4, 0.5) is 0 Å². The van der Waals surface area contributed by atoms with E-state index >= 15 is 0 Å². The number of benzene rings is 2. The average Bonchev–Trinajstić information content (AvgIpc) is 2.82. The van der Waals surface area contributed by atoms with Crippen molar-refractivity contribution in [3.8, 4) is 5.75 Å². The minimum Gasteiger partial charge on any atom is -0.485 e. The summed E-state index contributed by atoms with van der Waals surface area (Å²) >= 11 is 0. The maximum atomic E-state index is 12.3. The lowest BCUT2D eigenvalue weighted by molar-refractivity contribution is -0.128. The Labute approximate surface area is 197 Å². The Morgan fingerprint density at radius 3 is 1.91 bits per heavy atom. The van der Waals surface area contributed by atoms with Gasteiger partial charge in [0, 0.05) is 29.5 Å². The highest BCUT2D eigenvalue weighted by atomic mass is 16.5. The Kier molecular flexibility index (Phi) is 8.81. The van der Waals surface area contributed by atoms with Gasteiger partial charge in [0.05, 0.1) is 12.7 Å². The third-order valence-corrected chi connectivity index (χ3v) is 6.52. The fraction of sp³-hybridized carbons (Fsp3) is 0.481. The number of esters is 1. The van der Waals surface area contributed by atoms with Crippen LogP contribution in [0.25, 0.3) is 0 Å². The molecule has 0 aliphatic heterocycles. The lowest BCUT2D eigenvalue weighted by atomic mass is 9.69. The molecule has 0 atom stereocenters. The smallest absolute Gasteiger partial charge is 0.338 e. The van der Waals surface area contributed by atoms with Crippen molar-refractivity contribution in [3.05, 3.63) is 64.2 Å². The van der Waals surface area contributed by atoms with E-state index in [2.05, 4.69) is 19.9 Å². The molecular formula is C27H38N2O4. The normalized spacial score (nSPS) is 11.9. The predicted molar refractivity (Wildman–Crippen MR) is 131 cm³/mol. The van der Waals surface area contributed by atoms with Gasteiger partial charge < -0.3 is 20.9 Å². The minimum atomic E-state index is -0.459. The summed E-state index contributed by atoms with van der Waals surface area (Å²) in [5, 5.41) is 0. The van der Waals surface area contributed by atoms with E-state index in [-0.39, 0.29) is 24.3 Å². The zero-order valence-electron chi connectivity index (χ0n) is 20.8. The van der Waals surface area contributed by atoms with Crippen LogP contribution in [0.15, 0.2) is 36.4 Å². The third kappa shape index (κ3) is 5.63. The van der Waals surface area contributed by atoms with Crippen LogP contribution in [0.5, 0.6) is 5.75 Å². The second-order valence-corrected chi connectivity index (χ2v) is 9.35. The van der Waals surface area contributed by atoms with Gasteiger partial charge in [-0.25, -0.2) is 4.79 Å². The van der Waals surface area contributed by atoms with Gasteiger partial charge in [0.2, 0.25) is 0 Å². The van der Waals surface area contributed by atoms with Crippen LogP contribution in [-0.4, -0.2) is 25.5 Å². The van der Waals surface area contributed by atoms with Gasteiger partial charge in [-0.1, -0.05) is 52.8 Å². The first-order valence-corrected chi connectivity index (χ1v) is 11.5. The third-order valence-electron chi connectivity index (χ3n) is 6.52. The molecule has 0 saturated heterocycles. The summed E-state index contributed by atoms with van der Waals surface area (Å²) in [7, 11) is 1.37. The van der Waals surface area contributed by atoms with Crippen LogP contribution >= 0.6 is 0 Å². The molecule has 0 bridgehead atoms. The molecule has 0 spiro atoms. The molecule has 0 fully saturated rings. The van der Waals surface area contributed by atoms with Crippen molar-refractivity contribution in [1.29, 1.82) is 0 Å². The number of carbonyl (C=O) groups is 2. The van der Waals surface area contributed by atoms with Crippen LogP contribution in [0, 0.1) is 5.41 Å². The first-order chi connectivity index (χ1) is 15.6. The first-order valence-electron chi connectivity index (χ1n) is 11.5. The molecule has 0 heterocycles. The van der Waals surface area contributed by atoms with Gasteiger partial charge in [0.1, 0.15) is 12.4 Å². The molecule has 6 nitrogen and oxygen atoms in total. The number of ketones is 1. The monoisotopic (exact) mass is 454 g/mol. The average molecular weight is 455 g/mol. The van der Waals surface area contributed by atoms with E-state index in [1.807, 2.05) is 45.0 Å². The highest BCUT2D eigenvalue weighted by Gasteiger charge is 2.32. The van der Waals surface area contributed by atoms with Crippen LogP contribution in [0.1, 0.15) is 80.1 Å². The molecule has 6 heteroatoms. The van der Waals surface area contributed by atoms with Crippen molar-refractivity contribution in [3.63, 3.8) is 0 Å². The highest BCUT2D eigenvalue weighted by molar-refractivity contribution is 5.91. The van der Waals surface area contributed by atoms with Crippen LogP contribution in [0.2, 0.25) is 0 Å². The summed E-state index contributed by atoms with van der Waals surface area (Å²) < 4.78 is 10.7. The lowest BCUT2D eigenvalue weighted by Gasteiger charge is -2.34. The van der Waals surface area contributed by atoms with E-state index in [0.717, 1.165) is 35.1 Å². The van der Waals surface area contributed by atoms with Crippen molar-refractivity contribution in [2.24, 2.45) is 16.9 Å². The predicted octanol–water partition coefficient (Wildman–Crippen LogP) is 4.49. The Morgan fingerprint density at radius 2 is 1.42 bits per heavy atom. The lowest BCUT2D eigenvalue weighted by Crippen LogP contribution is -2.28. The summed E-state index contributed by atoms with van der Waals surface area (Å²) in [5.74, 6) is 0.270.